The van der Waals surface area contributed by atoms with Gasteiger partial charge >= 0.3 is 0 Å². The van der Waals surface area contributed by atoms with Crippen molar-refractivity contribution in [1.29, 1.82) is 0 Å². The fourth-order valence-corrected chi connectivity index (χ4v) is 3.28. The molecule has 1 aliphatic heterocycles. The van der Waals surface area contributed by atoms with Crippen molar-refractivity contribution in [1.82, 2.24) is 5.32 Å². The molecule has 0 radical (unpaired) electrons. The number of Topliss-reactive ketones (excluding diaryl/α,β-unsaturated/α-hetero) is 1. The molecule has 1 saturated heterocycles. The van der Waals surface area contributed by atoms with Gasteiger partial charge in [0.1, 0.15) is 5.78 Å². The molecular formula is C19H21NO. The average Bonchev–Trinajstić information content (AvgIpc) is 2.55. The maximum absolute atomic E-state index is 12.6. The highest BCUT2D eigenvalue weighted by molar-refractivity contribution is 5.83. The Morgan fingerprint density at radius 2 is 1.52 bits per heavy atom. The summed E-state index contributed by atoms with van der Waals surface area (Å²) in [6.45, 7) is 2.10. The van der Waals surface area contributed by atoms with Crippen molar-refractivity contribution in [3.8, 4) is 0 Å². The quantitative estimate of drug-likeness (QED) is 0.918. The van der Waals surface area contributed by atoms with Crippen molar-refractivity contribution >= 4 is 5.78 Å². The number of rotatable bonds is 3. The lowest BCUT2D eigenvalue weighted by molar-refractivity contribution is -0.126. The fourth-order valence-electron chi connectivity index (χ4n) is 3.28. The summed E-state index contributed by atoms with van der Waals surface area (Å²) in [5, 5.41) is 3.70. The number of piperidine rings is 1. The highest BCUT2D eigenvalue weighted by atomic mass is 16.1. The molecule has 0 saturated carbocycles. The zero-order chi connectivity index (χ0) is 14.7. The van der Waals surface area contributed by atoms with Crippen molar-refractivity contribution in [3.05, 3.63) is 71.8 Å². The van der Waals surface area contributed by atoms with Crippen LogP contribution in [0.25, 0.3) is 0 Å². The summed E-state index contributed by atoms with van der Waals surface area (Å²) >= 11 is 0. The molecule has 1 aliphatic rings. The molecular weight excluding hydrogens is 258 g/mol. The van der Waals surface area contributed by atoms with Gasteiger partial charge in [0.2, 0.25) is 0 Å². The summed E-state index contributed by atoms with van der Waals surface area (Å²) < 4.78 is 0. The predicted octanol–water partition coefficient (Wildman–Crippen LogP) is 4.06. The average molecular weight is 279 g/mol. The minimum absolute atomic E-state index is 0.0763. The van der Waals surface area contributed by atoms with Gasteiger partial charge in [0.25, 0.3) is 0 Å². The van der Waals surface area contributed by atoms with Gasteiger partial charge in [-0.05, 0) is 17.5 Å². The minimum Gasteiger partial charge on any atom is -0.302 e. The van der Waals surface area contributed by atoms with E-state index in [-0.39, 0.29) is 18.0 Å². The number of nitrogens with one attached hydrogen (secondary N) is 1. The van der Waals surface area contributed by atoms with Crippen LogP contribution in [0.1, 0.15) is 43.0 Å². The number of hydrogen-bond acceptors (Lipinski definition) is 2. The van der Waals surface area contributed by atoms with Gasteiger partial charge in [0, 0.05) is 24.4 Å². The standard InChI is InChI=1S/C19H21NO/c1-2-16-18(21)13-17(14-9-5-3-6-10-14)20-19(16)15-11-7-4-8-12-15/h3-12,16-17,19-20H,2,13H2,1H3/t16-,17-,19-/m0/s1. The number of benzene rings is 2. The topological polar surface area (TPSA) is 29.1 Å². The van der Waals surface area contributed by atoms with E-state index in [9.17, 15) is 4.79 Å². The van der Waals surface area contributed by atoms with Gasteiger partial charge < -0.3 is 5.32 Å². The molecule has 2 nitrogen and oxygen atoms in total. The highest BCUT2D eigenvalue weighted by Gasteiger charge is 2.36. The lowest BCUT2D eigenvalue weighted by Gasteiger charge is -2.36. The Kier molecular flexibility index (Phi) is 4.16. The van der Waals surface area contributed by atoms with Crippen molar-refractivity contribution in [2.24, 2.45) is 5.92 Å². The summed E-state index contributed by atoms with van der Waals surface area (Å²) in [5.41, 5.74) is 2.40. The second-order valence-electron chi connectivity index (χ2n) is 5.70. The van der Waals surface area contributed by atoms with E-state index in [0.717, 1.165) is 6.42 Å². The third-order valence-electron chi connectivity index (χ3n) is 4.40. The van der Waals surface area contributed by atoms with E-state index in [1.807, 2.05) is 36.4 Å². The van der Waals surface area contributed by atoms with E-state index in [2.05, 4.69) is 36.5 Å². The number of carbonyl (C=O) groups is 1. The van der Waals surface area contributed by atoms with E-state index in [1.54, 1.807) is 0 Å². The normalized spacial score (nSPS) is 25.8. The molecule has 0 amide bonds. The zero-order valence-electron chi connectivity index (χ0n) is 12.3. The summed E-state index contributed by atoms with van der Waals surface area (Å²) in [6.07, 6.45) is 1.47. The molecule has 0 bridgehead atoms. The maximum Gasteiger partial charge on any atom is 0.139 e. The molecule has 0 aromatic heterocycles. The molecule has 3 atom stereocenters. The molecule has 3 rings (SSSR count). The largest absolute Gasteiger partial charge is 0.302 e. The molecule has 2 aromatic rings. The van der Waals surface area contributed by atoms with Gasteiger partial charge in [-0.1, -0.05) is 67.6 Å². The van der Waals surface area contributed by atoms with Gasteiger partial charge in [-0.2, -0.15) is 0 Å². The van der Waals surface area contributed by atoms with E-state index in [4.69, 9.17) is 0 Å². The van der Waals surface area contributed by atoms with Crippen molar-refractivity contribution in [2.75, 3.05) is 0 Å². The van der Waals surface area contributed by atoms with Gasteiger partial charge in [0.15, 0.2) is 0 Å². The van der Waals surface area contributed by atoms with E-state index in [1.165, 1.54) is 11.1 Å². The van der Waals surface area contributed by atoms with Crippen LogP contribution in [-0.4, -0.2) is 5.78 Å². The monoisotopic (exact) mass is 279 g/mol. The third kappa shape index (κ3) is 2.91. The molecule has 1 fully saturated rings. The first kappa shape index (κ1) is 14.0. The van der Waals surface area contributed by atoms with E-state index >= 15 is 0 Å². The number of hydrogen-bond donors (Lipinski definition) is 1. The molecule has 2 aromatic carbocycles. The first-order valence-corrected chi connectivity index (χ1v) is 7.68. The minimum atomic E-state index is 0.0763. The van der Waals surface area contributed by atoms with Crippen molar-refractivity contribution in [3.63, 3.8) is 0 Å². The van der Waals surface area contributed by atoms with E-state index < -0.39 is 0 Å². The maximum atomic E-state index is 12.6. The molecule has 0 spiro atoms. The van der Waals surface area contributed by atoms with Crippen LogP contribution in [-0.2, 0) is 4.79 Å². The van der Waals surface area contributed by atoms with Crippen LogP contribution < -0.4 is 5.32 Å². The predicted molar refractivity (Wildman–Crippen MR) is 84.9 cm³/mol. The molecule has 2 heteroatoms. The van der Waals surface area contributed by atoms with Crippen LogP contribution in [0, 0.1) is 5.92 Å². The van der Waals surface area contributed by atoms with Gasteiger partial charge in [-0.25, -0.2) is 0 Å². The van der Waals surface area contributed by atoms with Gasteiger partial charge in [-0.15, -0.1) is 0 Å². The Labute approximate surface area is 126 Å². The molecule has 0 aliphatic carbocycles. The fraction of sp³-hybridized carbons (Fsp3) is 0.316. The first-order valence-electron chi connectivity index (χ1n) is 7.68. The zero-order valence-corrected chi connectivity index (χ0v) is 12.3. The Balaban J connectivity index is 1.91. The van der Waals surface area contributed by atoms with Gasteiger partial charge in [0.05, 0.1) is 0 Å². The Bertz CT molecular complexity index is 593. The Morgan fingerprint density at radius 1 is 0.952 bits per heavy atom. The third-order valence-corrected chi connectivity index (χ3v) is 4.40. The van der Waals surface area contributed by atoms with Crippen LogP contribution in [0.3, 0.4) is 0 Å². The second-order valence-corrected chi connectivity index (χ2v) is 5.70. The van der Waals surface area contributed by atoms with Crippen LogP contribution in [0.4, 0.5) is 0 Å². The Hall–Kier alpha value is -1.93. The number of carbonyl (C=O) groups excluding carboxylic acids is 1. The van der Waals surface area contributed by atoms with E-state index in [0.29, 0.717) is 12.2 Å². The first-order chi connectivity index (χ1) is 10.3. The second kappa shape index (κ2) is 6.23. The van der Waals surface area contributed by atoms with Crippen molar-refractivity contribution < 1.29 is 4.79 Å². The highest BCUT2D eigenvalue weighted by Crippen LogP contribution is 2.36. The van der Waals surface area contributed by atoms with Gasteiger partial charge in [-0.3, -0.25) is 4.79 Å². The van der Waals surface area contributed by atoms with Crippen molar-refractivity contribution in [2.45, 2.75) is 31.8 Å². The summed E-state index contributed by atoms with van der Waals surface area (Å²) in [7, 11) is 0. The summed E-state index contributed by atoms with van der Waals surface area (Å²) in [5.74, 6) is 0.450. The molecule has 21 heavy (non-hydrogen) atoms. The number of ketones is 1. The Morgan fingerprint density at radius 3 is 2.10 bits per heavy atom. The SMILES string of the molecule is CC[C@H]1C(=O)C[C@@H](c2ccccc2)N[C@H]1c1ccccc1. The molecule has 1 heterocycles. The van der Waals surface area contributed by atoms with Crippen LogP contribution in [0.15, 0.2) is 60.7 Å². The van der Waals surface area contributed by atoms with Crippen LogP contribution in [0.5, 0.6) is 0 Å². The molecule has 1 N–H and O–H groups in total. The van der Waals surface area contributed by atoms with Crippen LogP contribution in [0.2, 0.25) is 0 Å². The lowest BCUT2D eigenvalue weighted by atomic mass is 9.79. The lowest BCUT2D eigenvalue weighted by Crippen LogP contribution is -2.42. The molecule has 0 unspecified atom stereocenters. The summed E-state index contributed by atoms with van der Waals surface area (Å²) in [6, 6.07) is 20.8. The van der Waals surface area contributed by atoms with Crippen LogP contribution >= 0.6 is 0 Å². The molecule has 108 valence electrons. The smallest absolute Gasteiger partial charge is 0.139 e. The summed E-state index contributed by atoms with van der Waals surface area (Å²) in [4.78, 5) is 12.6.